The van der Waals surface area contributed by atoms with Crippen LogP contribution in [-0.2, 0) is 0 Å². The van der Waals surface area contributed by atoms with E-state index in [-0.39, 0.29) is 0 Å². The number of hydrogen-bond acceptors (Lipinski definition) is 3. The van der Waals surface area contributed by atoms with Gasteiger partial charge in [-0.1, -0.05) is 18.7 Å². The van der Waals surface area contributed by atoms with Gasteiger partial charge in [0.05, 0.1) is 0 Å². The van der Waals surface area contributed by atoms with Gasteiger partial charge in [0.25, 0.3) is 0 Å². The van der Waals surface area contributed by atoms with Crippen molar-refractivity contribution in [1.29, 1.82) is 0 Å². The first-order valence-corrected chi connectivity index (χ1v) is 5.66. The Hall–Kier alpha value is -0.570. The Kier molecular flexibility index (Phi) is 2.83. The van der Waals surface area contributed by atoms with Crippen molar-refractivity contribution in [3.05, 3.63) is 18.5 Å². The molecule has 1 aromatic rings. The second kappa shape index (κ2) is 4.09. The number of nitrogens with zero attached hydrogens (tertiary/aromatic N) is 2. The third-order valence-corrected chi connectivity index (χ3v) is 3.64. The van der Waals surface area contributed by atoms with Gasteiger partial charge in [0.2, 0.25) is 0 Å². The highest BCUT2D eigenvalue weighted by Gasteiger charge is 2.22. The van der Waals surface area contributed by atoms with E-state index in [0.29, 0.717) is 0 Å². The molecule has 0 N–H and O–H groups in total. The van der Waals surface area contributed by atoms with Crippen molar-refractivity contribution in [1.82, 2.24) is 9.97 Å². The Labute approximate surface area is 83.2 Å². The van der Waals surface area contributed by atoms with E-state index in [1.807, 2.05) is 30.2 Å². The number of hydrogen-bond donors (Lipinski definition) is 0. The smallest absolute Gasteiger partial charge is 0.187 e. The summed E-state index contributed by atoms with van der Waals surface area (Å²) in [6.45, 7) is 2.33. The van der Waals surface area contributed by atoms with Crippen molar-refractivity contribution in [2.45, 2.75) is 36.6 Å². The van der Waals surface area contributed by atoms with E-state index in [0.717, 1.165) is 16.3 Å². The molecule has 0 saturated heterocycles. The van der Waals surface area contributed by atoms with Gasteiger partial charge in [-0.2, -0.15) is 0 Å². The molecule has 70 valence electrons. The second-order valence-corrected chi connectivity index (χ2v) is 4.96. The highest BCUT2D eigenvalue weighted by atomic mass is 32.2. The summed E-state index contributed by atoms with van der Waals surface area (Å²) in [5.74, 6) is 0.890. The van der Waals surface area contributed by atoms with Crippen LogP contribution in [0.3, 0.4) is 0 Å². The SMILES string of the molecule is CC1CCC(Sc2ncccn2)C1. The fourth-order valence-corrected chi connectivity index (χ4v) is 2.98. The lowest BCUT2D eigenvalue weighted by Gasteiger charge is -2.06. The maximum Gasteiger partial charge on any atom is 0.187 e. The quantitative estimate of drug-likeness (QED) is 0.677. The summed E-state index contributed by atoms with van der Waals surface area (Å²) in [6, 6.07) is 1.86. The van der Waals surface area contributed by atoms with Gasteiger partial charge in [-0.3, -0.25) is 0 Å². The zero-order chi connectivity index (χ0) is 9.10. The van der Waals surface area contributed by atoms with Crippen LogP contribution in [0, 0.1) is 5.92 Å². The predicted molar refractivity (Wildman–Crippen MR) is 54.7 cm³/mol. The molecular weight excluding hydrogens is 180 g/mol. The largest absolute Gasteiger partial charge is 0.231 e. The molecule has 2 nitrogen and oxygen atoms in total. The van der Waals surface area contributed by atoms with Crippen LogP contribution in [0.1, 0.15) is 26.2 Å². The molecule has 2 unspecified atom stereocenters. The minimum Gasteiger partial charge on any atom is -0.231 e. The molecule has 1 heterocycles. The minimum atomic E-state index is 0.748. The molecule has 1 saturated carbocycles. The van der Waals surface area contributed by atoms with Crippen molar-refractivity contribution in [2.75, 3.05) is 0 Å². The molecule has 3 heteroatoms. The van der Waals surface area contributed by atoms with E-state index >= 15 is 0 Å². The maximum atomic E-state index is 4.22. The van der Waals surface area contributed by atoms with Gasteiger partial charge in [-0.15, -0.1) is 0 Å². The van der Waals surface area contributed by atoms with E-state index < -0.39 is 0 Å². The van der Waals surface area contributed by atoms with Crippen molar-refractivity contribution in [3.63, 3.8) is 0 Å². The van der Waals surface area contributed by atoms with E-state index in [4.69, 9.17) is 0 Å². The third-order valence-electron chi connectivity index (χ3n) is 2.46. The molecule has 13 heavy (non-hydrogen) atoms. The average Bonchev–Trinajstić information content (AvgIpc) is 2.53. The third kappa shape index (κ3) is 2.44. The zero-order valence-electron chi connectivity index (χ0n) is 7.81. The molecule has 0 aromatic carbocycles. The molecule has 1 aliphatic rings. The molecule has 2 atom stereocenters. The van der Waals surface area contributed by atoms with Crippen LogP contribution in [0.5, 0.6) is 0 Å². The summed E-state index contributed by atoms with van der Waals surface area (Å²) in [5, 5.41) is 1.68. The molecule has 0 radical (unpaired) electrons. The van der Waals surface area contributed by atoms with E-state index in [9.17, 15) is 0 Å². The molecule has 1 aliphatic carbocycles. The Bertz CT molecular complexity index is 263. The van der Waals surface area contributed by atoms with Gasteiger partial charge in [0.1, 0.15) is 0 Å². The Balaban J connectivity index is 1.92. The van der Waals surface area contributed by atoms with Crippen molar-refractivity contribution in [2.24, 2.45) is 5.92 Å². The first-order chi connectivity index (χ1) is 6.34. The van der Waals surface area contributed by atoms with Crippen LogP contribution < -0.4 is 0 Å². The van der Waals surface area contributed by atoms with Gasteiger partial charge in [-0.05, 0) is 31.2 Å². The van der Waals surface area contributed by atoms with Crippen LogP contribution in [0.4, 0.5) is 0 Å². The minimum absolute atomic E-state index is 0.748. The molecule has 1 fully saturated rings. The Morgan fingerprint density at radius 1 is 1.31 bits per heavy atom. The highest BCUT2D eigenvalue weighted by molar-refractivity contribution is 7.99. The van der Waals surface area contributed by atoms with Crippen LogP contribution in [0.15, 0.2) is 23.6 Å². The normalized spacial score (nSPS) is 27.8. The number of rotatable bonds is 2. The molecular formula is C10H14N2S. The molecule has 0 spiro atoms. The summed E-state index contributed by atoms with van der Waals surface area (Å²) in [5.41, 5.74) is 0. The Morgan fingerprint density at radius 2 is 2.08 bits per heavy atom. The second-order valence-electron chi connectivity index (χ2n) is 3.69. The Morgan fingerprint density at radius 3 is 2.69 bits per heavy atom. The first-order valence-electron chi connectivity index (χ1n) is 4.78. The van der Waals surface area contributed by atoms with Gasteiger partial charge in [0.15, 0.2) is 5.16 Å². The molecule has 0 aliphatic heterocycles. The van der Waals surface area contributed by atoms with Gasteiger partial charge in [-0.25, -0.2) is 9.97 Å². The summed E-state index contributed by atoms with van der Waals surface area (Å²) < 4.78 is 0. The standard InChI is InChI=1S/C10H14N2S/c1-8-3-4-9(7-8)13-10-11-5-2-6-12-10/h2,5-6,8-9H,3-4,7H2,1H3. The van der Waals surface area contributed by atoms with E-state index in [1.165, 1.54) is 19.3 Å². The average molecular weight is 194 g/mol. The summed E-state index contributed by atoms with van der Waals surface area (Å²) in [7, 11) is 0. The van der Waals surface area contributed by atoms with Gasteiger partial charge >= 0.3 is 0 Å². The predicted octanol–water partition coefficient (Wildman–Crippen LogP) is 2.76. The van der Waals surface area contributed by atoms with Crippen molar-refractivity contribution in [3.8, 4) is 0 Å². The van der Waals surface area contributed by atoms with Crippen molar-refractivity contribution >= 4 is 11.8 Å². The zero-order valence-corrected chi connectivity index (χ0v) is 8.63. The molecule has 0 amide bonds. The lowest BCUT2D eigenvalue weighted by Crippen LogP contribution is -1.97. The number of aromatic nitrogens is 2. The fraction of sp³-hybridized carbons (Fsp3) is 0.600. The first kappa shape index (κ1) is 9.00. The molecule has 0 bridgehead atoms. The summed E-state index contributed by atoms with van der Waals surface area (Å²) >= 11 is 1.83. The van der Waals surface area contributed by atoms with Crippen LogP contribution in [0.25, 0.3) is 0 Å². The molecule has 2 rings (SSSR count). The highest BCUT2D eigenvalue weighted by Crippen LogP contribution is 2.35. The van der Waals surface area contributed by atoms with Gasteiger partial charge in [0, 0.05) is 17.6 Å². The topological polar surface area (TPSA) is 25.8 Å². The summed E-state index contributed by atoms with van der Waals surface area (Å²) in [6.07, 6.45) is 7.64. The lowest BCUT2D eigenvalue weighted by atomic mass is 10.1. The maximum absolute atomic E-state index is 4.22. The van der Waals surface area contributed by atoms with E-state index in [2.05, 4.69) is 16.9 Å². The monoisotopic (exact) mass is 194 g/mol. The summed E-state index contributed by atoms with van der Waals surface area (Å²) in [4.78, 5) is 8.44. The van der Waals surface area contributed by atoms with Crippen LogP contribution in [0.2, 0.25) is 0 Å². The van der Waals surface area contributed by atoms with Crippen LogP contribution >= 0.6 is 11.8 Å². The number of thioether (sulfide) groups is 1. The molecule has 1 aromatic heterocycles. The lowest BCUT2D eigenvalue weighted by molar-refractivity contribution is 0.613. The van der Waals surface area contributed by atoms with Gasteiger partial charge < -0.3 is 0 Å². The van der Waals surface area contributed by atoms with Crippen molar-refractivity contribution < 1.29 is 0 Å². The van der Waals surface area contributed by atoms with Crippen LogP contribution in [-0.4, -0.2) is 15.2 Å². The fourth-order valence-electron chi connectivity index (χ4n) is 1.76. The van der Waals surface area contributed by atoms with E-state index in [1.54, 1.807) is 0 Å².